The third-order valence-electron chi connectivity index (χ3n) is 5.56. The van der Waals surface area contributed by atoms with Crippen LogP contribution in [0.15, 0.2) is 43.0 Å². The van der Waals surface area contributed by atoms with Gasteiger partial charge in [0.25, 0.3) is 5.91 Å². The zero-order valence-corrected chi connectivity index (χ0v) is 18.8. The van der Waals surface area contributed by atoms with Gasteiger partial charge in [0.05, 0.1) is 29.3 Å². The Morgan fingerprint density at radius 3 is 2.85 bits per heavy atom. The van der Waals surface area contributed by atoms with E-state index in [9.17, 15) is 9.90 Å². The van der Waals surface area contributed by atoms with Crippen LogP contribution in [0.3, 0.4) is 0 Å². The van der Waals surface area contributed by atoms with E-state index in [1.54, 1.807) is 36.3 Å². The average molecular weight is 449 g/mol. The van der Waals surface area contributed by atoms with Crippen molar-refractivity contribution in [1.29, 1.82) is 0 Å². The van der Waals surface area contributed by atoms with Crippen molar-refractivity contribution in [2.24, 2.45) is 7.05 Å². The second kappa shape index (κ2) is 9.83. The molecule has 4 rings (SSSR count). The largest absolute Gasteiger partial charge is 0.460 e. The molecule has 0 aliphatic heterocycles. The van der Waals surface area contributed by atoms with E-state index in [2.05, 4.69) is 31.9 Å². The van der Waals surface area contributed by atoms with Crippen LogP contribution in [0.4, 0.5) is 0 Å². The molecule has 0 saturated heterocycles. The minimum atomic E-state index is -0.238. The number of hydrogen-bond donors (Lipinski definition) is 3. The summed E-state index contributed by atoms with van der Waals surface area (Å²) in [5, 5.41) is 16.6. The molecule has 0 atom stereocenters. The van der Waals surface area contributed by atoms with Crippen LogP contribution in [0.2, 0.25) is 0 Å². The fourth-order valence-electron chi connectivity index (χ4n) is 3.81. The number of aryl methyl sites for hydroxylation is 1. The molecule has 33 heavy (non-hydrogen) atoms. The highest BCUT2D eigenvalue weighted by Gasteiger charge is 2.21. The summed E-state index contributed by atoms with van der Waals surface area (Å²) in [4.78, 5) is 24.5. The van der Waals surface area contributed by atoms with Crippen molar-refractivity contribution in [3.8, 4) is 17.4 Å². The third kappa shape index (κ3) is 5.56. The van der Waals surface area contributed by atoms with E-state index >= 15 is 0 Å². The van der Waals surface area contributed by atoms with Gasteiger partial charge < -0.3 is 20.1 Å². The Morgan fingerprint density at radius 2 is 2.15 bits per heavy atom. The fraction of sp³-hybridized carbons (Fsp3) is 0.333. The summed E-state index contributed by atoms with van der Waals surface area (Å²) >= 11 is 0. The minimum absolute atomic E-state index is 0.0144. The number of hydrogen-bond acceptors (Lipinski definition) is 6. The molecule has 0 aromatic carbocycles. The van der Waals surface area contributed by atoms with Crippen molar-refractivity contribution < 1.29 is 14.6 Å². The van der Waals surface area contributed by atoms with Crippen molar-refractivity contribution >= 4 is 18.1 Å². The number of nitrogens with one attached hydrogen (secondary N) is 2. The van der Waals surface area contributed by atoms with Gasteiger partial charge in [0.2, 0.25) is 0 Å². The summed E-state index contributed by atoms with van der Waals surface area (Å²) in [5.74, 6) is -0.225. The molecule has 0 unspecified atom stereocenters. The lowest BCUT2D eigenvalue weighted by molar-refractivity contribution is 0.0619. The normalized spacial score (nSPS) is 18.7. The maximum Gasteiger partial charge on any atom is 0.317 e. The smallest absolute Gasteiger partial charge is 0.317 e. The van der Waals surface area contributed by atoms with Gasteiger partial charge in [0.1, 0.15) is 6.10 Å². The molecule has 0 spiro atoms. The molecular weight excluding hydrogens is 420 g/mol. The molecule has 1 saturated carbocycles. The Kier molecular flexibility index (Phi) is 6.69. The number of H-pyrrole nitrogens is 1. The van der Waals surface area contributed by atoms with Crippen LogP contribution in [0.25, 0.3) is 23.5 Å². The molecular formula is C24H28N6O3. The molecule has 1 fully saturated rings. The number of nitrogens with zero attached hydrogens (tertiary/aromatic N) is 4. The highest BCUT2D eigenvalue weighted by molar-refractivity contribution is 5.95. The minimum Gasteiger partial charge on any atom is -0.460 e. The fourth-order valence-corrected chi connectivity index (χ4v) is 3.81. The van der Waals surface area contributed by atoms with Crippen LogP contribution >= 0.6 is 0 Å². The van der Waals surface area contributed by atoms with Crippen LogP contribution in [0, 0.1) is 0 Å². The number of amides is 1. The predicted molar refractivity (Wildman–Crippen MR) is 125 cm³/mol. The van der Waals surface area contributed by atoms with E-state index in [0.717, 1.165) is 42.6 Å². The summed E-state index contributed by atoms with van der Waals surface area (Å²) in [6.45, 7) is 5.71. The number of carbonyl (C=O) groups excluding carboxylic acids is 1. The van der Waals surface area contributed by atoms with Crippen LogP contribution in [0.5, 0.6) is 6.01 Å². The van der Waals surface area contributed by atoms with Gasteiger partial charge in [-0.25, -0.2) is 4.98 Å². The first kappa shape index (κ1) is 22.5. The van der Waals surface area contributed by atoms with E-state index in [0.29, 0.717) is 23.0 Å². The molecule has 1 amide bonds. The number of allylic oxidation sites excluding steroid dienone is 1. The zero-order chi connectivity index (χ0) is 23.4. The molecule has 9 nitrogen and oxygen atoms in total. The number of aromatic amines is 1. The zero-order valence-electron chi connectivity index (χ0n) is 18.8. The molecule has 3 aromatic rings. The van der Waals surface area contributed by atoms with Gasteiger partial charge >= 0.3 is 6.01 Å². The highest BCUT2D eigenvalue weighted by Crippen LogP contribution is 2.26. The van der Waals surface area contributed by atoms with Crippen molar-refractivity contribution in [3.05, 3.63) is 59.8 Å². The average Bonchev–Trinajstić information content (AvgIpc) is 3.41. The summed E-state index contributed by atoms with van der Waals surface area (Å²) < 4.78 is 7.53. The van der Waals surface area contributed by atoms with Crippen molar-refractivity contribution in [2.75, 3.05) is 0 Å². The molecule has 3 N–H and O–H groups in total. The quantitative estimate of drug-likeness (QED) is 0.510. The Labute approximate surface area is 192 Å². The van der Waals surface area contributed by atoms with Crippen LogP contribution in [-0.4, -0.2) is 48.0 Å². The summed E-state index contributed by atoms with van der Waals surface area (Å²) in [5.41, 5.74) is 4.31. The van der Waals surface area contributed by atoms with Crippen LogP contribution in [0.1, 0.15) is 54.2 Å². The number of rotatable bonds is 7. The van der Waals surface area contributed by atoms with Gasteiger partial charge in [-0.3, -0.25) is 9.48 Å². The number of aromatic nitrogens is 5. The van der Waals surface area contributed by atoms with Gasteiger partial charge in [0.15, 0.2) is 0 Å². The van der Waals surface area contributed by atoms with Crippen LogP contribution < -0.4 is 10.1 Å². The van der Waals surface area contributed by atoms with E-state index in [1.807, 2.05) is 19.1 Å². The van der Waals surface area contributed by atoms with Gasteiger partial charge in [0, 0.05) is 30.8 Å². The van der Waals surface area contributed by atoms with Gasteiger partial charge in [-0.15, -0.1) is 0 Å². The van der Waals surface area contributed by atoms with Crippen molar-refractivity contribution in [1.82, 2.24) is 30.0 Å². The van der Waals surface area contributed by atoms with Gasteiger partial charge in [-0.1, -0.05) is 12.7 Å². The first-order valence-electron chi connectivity index (χ1n) is 10.9. The molecule has 3 aromatic heterocycles. The lowest BCUT2D eigenvalue weighted by Gasteiger charge is -2.25. The molecule has 1 aliphatic rings. The second-order valence-corrected chi connectivity index (χ2v) is 8.21. The molecule has 1 aliphatic carbocycles. The molecule has 3 heterocycles. The maximum absolute atomic E-state index is 12.4. The number of carbonyl (C=O) groups is 1. The maximum atomic E-state index is 12.4. The van der Waals surface area contributed by atoms with E-state index in [1.165, 1.54) is 6.20 Å². The lowest BCUT2D eigenvalue weighted by Crippen LogP contribution is -2.27. The van der Waals surface area contributed by atoms with Crippen molar-refractivity contribution in [3.63, 3.8) is 0 Å². The predicted octanol–water partition coefficient (Wildman–Crippen LogP) is 3.32. The second-order valence-electron chi connectivity index (χ2n) is 8.21. The first-order chi connectivity index (χ1) is 15.9. The van der Waals surface area contributed by atoms with Gasteiger partial charge in [-0.2, -0.15) is 10.1 Å². The summed E-state index contributed by atoms with van der Waals surface area (Å²) in [6, 6.07) is 4.07. The Balaban J connectivity index is 1.50. The highest BCUT2D eigenvalue weighted by atomic mass is 16.5. The standard InChI is InChI=1S/C24H28N6O3/c1-4-16-12-22(20-9-10-25-24(29-20)33-19-7-5-18(31)6-8-19)28-21(16)11-15(2)27-23(32)17-13-26-30(3)14-17/h4,9-14,18-19,28,31H,1,5-8H2,2-3H3,(H,27,32)/b15-11+/t18-,19+. The van der Waals surface area contributed by atoms with E-state index < -0.39 is 0 Å². The number of aliphatic hydroxyl groups excluding tert-OH is 1. The Hall–Kier alpha value is -3.72. The van der Waals surface area contributed by atoms with E-state index in [4.69, 9.17) is 4.74 Å². The monoisotopic (exact) mass is 448 g/mol. The topological polar surface area (TPSA) is 118 Å². The molecule has 9 heteroatoms. The lowest BCUT2D eigenvalue weighted by atomic mass is 9.95. The molecule has 0 bridgehead atoms. The summed E-state index contributed by atoms with van der Waals surface area (Å²) in [6.07, 6.45) is 11.3. The first-order valence-corrected chi connectivity index (χ1v) is 10.9. The van der Waals surface area contributed by atoms with E-state index in [-0.39, 0.29) is 18.1 Å². The summed E-state index contributed by atoms with van der Waals surface area (Å²) in [7, 11) is 1.76. The van der Waals surface area contributed by atoms with Crippen LogP contribution in [-0.2, 0) is 7.05 Å². The number of aliphatic hydroxyl groups is 1. The van der Waals surface area contributed by atoms with Gasteiger partial charge in [-0.05, 0) is 56.4 Å². The molecule has 172 valence electrons. The SMILES string of the molecule is C=Cc1cc(-c2ccnc(O[C@H]3CC[C@@H](O)CC3)n2)[nH]c1/C=C(\C)NC(=O)c1cnn(C)c1. The van der Waals surface area contributed by atoms with Crippen molar-refractivity contribution in [2.45, 2.75) is 44.8 Å². The Bertz CT molecular complexity index is 1170. The Morgan fingerprint density at radius 1 is 1.36 bits per heavy atom. The number of ether oxygens (including phenoxy) is 1. The molecule has 0 radical (unpaired) electrons. The third-order valence-corrected chi connectivity index (χ3v) is 5.56.